The number of nitrogens with two attached hydrogens (primary N) is 1. The fourth-order valence-electron chi connectivity index (χ4n) is 2.49. The van der Waals surface area contributed by atoms with E-state index >= 15 is 0 Å². The number of nitrogens with zero attached hydrogens (tertiary/aromatic N) is 1. The molecule has 0 saturated carbocycles. The molecular formula is C13H19FN2O2S. The molecule has 0 aromatic heterocycles. The van der Waals surface area contributed by atoms with E-state index in [1.54, 1.807) is 13.0 Å². The second-order valence-electron chi connectivity index (χ2n) is 5.16. The van der Waals surface area contributed by atoms with Gasteiger partial charge in [-0.2, -0.15) is 0 Å². The lowest BCUT2D eigenvalue weighted by atomic mass is 10.0. The largest absolute Gasteiger partial charge is 0.370 e. The molecule has 6 heteroatoms. The van der Waals surface area contributed by atoms with E-state index in [-0.39, 0.29) is 29.4 Å². The van der Waals surface area contributed by atoms with Crippen molar-refractivity contribution in [3.63, 3.8) is 0 Å². The standard InChI is InChI=1S/C13H19FN2O2S/c1-9(15)12-7-10(14)3-4-13(12)16(2)11-5-6-19(17,18)8-11/h3-4,7,9,11H,5-6,8,15H2,1-2H3/t9-,11?/m1/s1. The molecule has 0 bridgehead atoms. The van der Waals surface area contributed by atoms with E-state index in [1.165, 1.54) is 12.1 Å². The molecule has 2 atom stereocenters. The number of rotatable bonds is 3. The normalized spacial score (nSPS) is 23.3. The Morgan fingerprint density at radius 1 is 1.47 bits per heavy atom. The summed E-state index contributed by atoms with van der Waals surface area (Å²) in [6, 6.07) is 4.10. The maximum Gasteiger partial charge on any atom is 0.152 e. The minimum absolute atomic E-state index is 0.0621. The highest BCUT2D eigenvalue weighted by atomic mass is 32.2. The molecule has 0 aliphatic carbocycles. The van der Waals surface area contributed by atoms with E-state index in [4.69, 9.17) is 5.73 Å². The average molecular weight is 286 g/mol. The monoisotopic (exact) mass is 286 g/mol. The molecule has 1 heterocycles. The summed E-state index contributed by atoms with van der Waals surface area (Å²) in [5.74, 6) is 0.0409. The Hall–Kier alpha value is -1.14. The minimum atomic E-state index is -2.94. The maximum absolute atomic E-state index is 13.3. The first-order valence-corrected chi connectivity index (χ1v) is 8.10. The second kappa shape index (κ2) is 5.09. The van der Waals surface area contributed by atoms with Crippen LogP contribution in [0.1, 0.15) is 24.9 Å². The smallest absolute Gasteiger partial charge is 0.152 e. The van der Waals surface area contributed by atoms with Crippen LogP contribution in [0.4, 0.5) is 10.1 Å². The lowest BCUT2D eigenvalue weighted by Crippen LogP contribution is -2.33. The topological polar surface area (TPSA) is 63.4 Å². The third kappa shape index (κ3) is 3.06. The average Bonchev–Trinajstić information content (AvgIpc) is 2.68. The molecule has 2 N–H and O–H groups in total. The van der Waals surface area contributed by atoms with Gasteiger partial charge in [-0.05, 0) is 37.1 Å². The fraction of sp³-hybridized carbons (Fsp3) is 0.538. The predicted octanol–water partition coefficient (Wildman–Crippen LogP) is 1.47. The molecule has 1 saturated heterocycles. The summed E-state index contributed by atoms with van der Waals surface area (Å²) in [6.45, 7) is 1.79. The summed E-state index contributed by atoms with van der Waals surface area (Å²) >= 11 is 0. The Balaban J connectivity index is 2.31. The molecule has 1 aromatic rings. The van der Waals surface area contributed by atoms with Crippen LogP contribution in [0, 0.1) is 5.82 Å². The van der Waals surface area contributed by atoms with Gasteiger partial charge in [-0.25, -0.2) is 12.8 Å². The van der Waals surface area contributed by atoms with Crippen molar-refractivity contribution in [2.75, 3.05) is 23.5 Å². The summed E-state index contributed by atoms with van der Waals surface area (Å²) in [4.78, 5) is 1.91. The third-order valence-corrected chi connectivity index (χ3v) is 5.37. The Kier molecular flexibility index (Phi) is 3.82. The van der Waals surface area contributed by atoms with Gasteiger partial charge in [-0.15, -0.1) is 0 Å². The molecular weight excluding hydrogens is 267 g/mol. The van der Waals surface area contributed by atoms with Gasteiger partial charge in [0.2, 0.25) is 0 Å². The third-order valence-electron chi connectivity index (χ3n) is 3.62. The quantitative estimate of drug-likeness (QED) is 0.914. The van der Waals surface area contributed by atoms with Crippen molar-refractivity contribution < 1.29 is 12.8 Å². The van der Waals surface area contributed by atoms with Gasteiger partial charge in [0.05, 0.1) is 11.5 Å². The molecule has 19 heavy (non-hydrogen) atoms. The first-order valence-electron chi connectivity index (χ1n) is 6.28. The summed E-state index contributed by atoms with van der Waals surface area (Å²) in [5, 5.41) is 0. The molecule has 0 radical (unpaired) electrons. The van der Waals surface area contributed by atoms with Crippen molar-refractivity contribution in [1.29, 1.82) is 0 Å². The summed E-state index contributed by atoms with van der Waals surface area (Å²) in [7, 11) is -1.10. The lowest BCUT2D eigenvalue weighted by Gasteiger charge is -2.29. The molecule has 1 aliphatic heterocycles. The van der Waals surface area contributed by atoms with E-state index in [1.807, 2.05) is 11.9 Å². The van der Waals surface area contributed by atoms with E-state index in [0.717, 1.165) is 5.69 Å². The highest BCUT2D eigenvalue weighted by molar-refractivity contribution is 7.91. The second-order valence-corrected chi connectivity index (χ2v) is 7.39. The molecule has 0 amide bonds. The van der Waals surface area contributed by atoms with Crippen LogP contribution < -0.4 is 10.6 Å². The van der Waals surface area contributed by atoms with Gasteiger partial charge < -0.3 is 10.6 Å². The highest BCUT2D eigenvalue weighted by Crippen LogP contribution is 2.29. The van der Waals surface area contributed by atoms with Crippen LogP contribution in [0.5, 0.6) is 0 Å². The van der Waals surface area contributed by atoms with Gasteiger partial charge in [0.25, 0.3) is 0 Å². The zero-order valence-electron chi connectivity index (χ0n) is 11.1. The zero-order valence-corrected chi connectivity index (χ0v) is 12.0. The van der Waals surface area contributed by atoms with E-state index in [9.17, 15) is 12.8 Å². The van der Waals surface area contributed by atoms with Gasteiger partial charge in [0, 0.05) is 24.8 Å². The first kappa shape index (κ1) is 14.3. The Bertz CT molecular complexity index is 572. The van der Waals surface area contributed by atoms with Crippen molar-refractivity contribution in [2.45, 2.75) is 25.4 Å². The van der Waals surface area contributed by atoms with Gasteiger partial charge in [0.1, 0.15) is 5.82 Å². The predicted molar refractivity (Wildman–Crippen MR) is 74.5 cm³/mol. The molecule has 1 unspecified atom stereocenters. The van der Waals surface area contributed by atoms with Crippen LogP contribution in [0.3, 0.4) is 0 Å². The van der Waals surface area contributed by atoms with Crippen molar-refractivity contribution in [2.24, 2.45) is 5.73 Å². The number of benzene rings is 1. The molecule has 1 fully saturated rings. The van der Waals surface area contributed by atoms with Crippen LogP contribution in [0.2, 0.25) is 0 Å². The molecule has 0 spiro atoms. The van der Waals surface area contributed by atoms with Gasteiger partial charge in [-0.1, -0.05) is 0 Å². The number of hydrogen-bond donors (Lipinski definition) is 1. The van der Waals surface area contributed by atoms with Gasteiger partial charge in [-0.3, -0.25) is 0 Å². The Labute approximate surface area is 113 Å². The SMILES string of the molecule is C[C@@H](N)c1cc(F)ccc1N(C)C1CCS(=O)(=O)C1. The minimum Gasteiger partial charge on any atom is -0.370 e. The Morgan fingerprint density at radius 2 is 2.16 bits per heavy atom. The van der Waals surface area contributed by atoms with Crippen molar-refractivity contribution in [1.82, 2.24) is 0 Å². The van der Waals surface area contributed by atoms with Crippen LogP contribution in [0.15, 0.2) is 18.2 Å². The number of anilines is 1. The van der Waals surface area contributed by atoms with Crippen molar-refractivity contribution in [3.8, 4) is 0 Å². The van der Waals surface area contributed by atoms with Crippen molar-refractivity contribution in [3.05, 3.63) is 29.6 Å². The Morgan fingerprint density at radius 3 is 2.68 bits per heavy atom. The molecule has 2 rings (SSSR count). The van der Waals surface area contributed by atoms with Crippen molar-refractivity contribution >= 4 is 15.5 Å². The van der Waals surface area contributed by atoms with Crippen LogP contribution >= 0.6 is 0 Å². The van der Waals surface area contributed by atoms with Crippen LogP contribution in [-0.2, 0) is 9.84 Å². The summed E-state index contributed by atoms with van der Waals surface area (Å²) in [5.41, 5.74) is 7.37. The number of hydrogen-bond acceptors (Lipinski definition) is 4. The van der Waals surface area contributed by atoms with Gasteiger partial charge >= 0.3 is 0 Å². The van der Waals surface area contributed by atoms with Crippen LogP contribution in [-0.4, -0.2) is 33.0 Å². The summed E-state index contributed by atoms with van der Waals surface area (Å²) in [6.07, 6.45) is 0.606. The molecule has 106 valence electrons. The number of sulfone groups is 1. The van der Waals surface area contributed by atoms with E-state index < -0.39 is 9.84 Å². The van der Waals surface area contributed by atoms with Gasteiger partial charge in [0.15, 0.2) is 9.84 Å². The molecule has 1 aromatic carbocycles. The number of halogens is 1. The van der Waals surface area contributed by atoms with Crippen LogP contribution in [0.25, 0.3) is 0 Å². The maximum atomic E-state index is 13.3. The molecule has 1 aliphatic rings. The van der Waals surface area contributed by atoms with E-state index in [2.05, 4.69) is 0 Å². The first-order chi connectivity index (χ1) is 8.80. The fourth-order valence-corrected chi connectivity index (χ4v) is 4.26. The molecule has 4 nitrogen and oxygen atoms in total. The highest BCUT2D eigenvalue weighted by Gasteiger charge is 2.31. The zero-order chi connectivity index (χ0) is 14.2. The van der Waals surface area contributed by atoms with E-state index in [0.29, 0.717) is 12.0 Å². The summed E-state index contributed by atoms with van der Waals surface area (Å²) < 4.78 is 36.4. The lowest BCUT2D eigenvalue weighted by molar-refractivity contribution is 0.600.